The van der Waals surface area contributed by atoms with E-state index in [2.05, 4.69) is 17.2 Å². The highest BCUT2D eigenvalue weighted by Crippen LogP contribution is 2.31. The fourth-order valence-electron chi connectivity index (χ4n) is 3.08. The lowest BCUT2D eigenvalue weighted by Gasteiger charge is -2.34. The van der Waals surface area contributed by atoms with E-state index in [0.29, 0.717) is 0 Å². The standard InChI is InChI=1S/C18H23N3O2S/c1-12(17-11-19-13(2)24-17)20-14-7-6-10-21(18(14)22)15-8-4-5-9-16(15)23-3/h4-5,8-9,11-12,14,20H,6-7,10H2,1-3H3/t12-,14+/m1/s1. The molecule has 0 radical (unpaired) electrons. The van der Waals surface area contributed by atoms with Crippen LogP contribution in [0.15, 0.2) is 30.5 Å². The number of piperidine rings is 1. The van der Waals surface area contributed by atoms with Gasteiger partial charge in [0, 0.05) is 23.7 Å². The average molecular weight is 345 g/mol. The van der Waals surface area contributed by atoms with E-state index in [4.69, 9.17) is 4.74 Å². The van der Waals surface area contributed by atoms with Gasteiger partial charge in [0.05, 0.1) is 23.8 Å². The van der Waals surface area contributed by atoms with Crippen molar-refractivity contribution in [2.75, 3.05) is 18.6 Å². The number of ether oxygens (including phenoxy) is 1. The van der Waals surface area contributed by atoms with Gasteiger partial charge in [-0.15, -0.1) is 11.3 Å². The maximum Gasteiger partial charge on any atom is 0.244 e. The molecule has 1 saturated heterocycles. The highest BCUT2D eigenvalue weighted by molar-refractivity contribution is 7.11. The fraction of sp³-hybridized carbons (Fsp3) is 0.444. The molecule has 2 aromatic rings. The number of para-hydroxylation sites is 2. The van der Waals surface area contributed by atoms with Crippen LogP contribution in [0, 0.1) is 6.92 Å². The molecule has 1 aliphatic heterocycles. The summed E-state index contributed by atoms with van der Waals surface area (Å²) in [5.74, 6) is 0.844. The molecule has 128 valence electrons. The van der Waals surface area contributed by atoms with E-state index in [1.165, 1.54) is 0 Å². The number of aryl methyl sites for hydroxylation is 1. The Morgan fingerprint density at radius 1 is 1.42 bits per heavy atom. The highest BCUT2D eigenvalue weighted by Gasteiger charge is 2.32. The number of amides is 1. The van der Waals surface area contributed by atoms with Crippen LogP contribution in [0.1, 0.15) is 35.7 Å². The molecule has 2 atom stereocenters. The van der Waals surface area contributed by atoms with Crippen LogP contribution in [0.5, 0.6) is 5.75 Å². The molecule has 0 unspecified atom stereocenters. The number of nitrogens with one attached hydrogen (secondary N) is 1. The molecule has 1 amide bonds. The minimum Gasteiger partial charge on any atom is -0.495 e. The van der Waals surface area contributed by atoms with E-state index in [9.17, 15) is 4.79 Å². The predicted octanol–water partition coefficient (Wildman–Crippen LogP) is 3.31. The first-order chi connectivity index (χ1) is 11.6. The van der Waals surface area contributed by atoms with Gasteiger partial charge >= 0.3 is 0 Å². The fourth-order valence-corrected chi connectivity index (χ4v) is 3.88. The summed E-state index contributed by atoms with van der Waals surface area (Å²) in [5, 5.41) is 4.52. The second kappa shape index (κ2) is 7.32. The first-order valence-corrected chi connectivity index (χ1v) is 9.04. The smallest absolute Gasteiger partial charge is 0.244 e. The van der Waals surface area contributed by atoms with Crippen LogP contribution in [-0.4, -0.2) is 30.6 Å². The quantitative estimate of drug-likeness (QED) is 0.903. The van der Waals surface area contributed by atoms with Crippen molar-refractivity contribution >= 4 is 22.9 Å². The SMILES string of the molecule is COc1ccccc1N1CCC[C@H](N[C@H](C)c2cnc(C)s2)C1=O. The molecule has 0 saturated carbocycles. The largest absolute Gasteiger partial charge is 0.495 e. The molecule has 24 heavy (non-hydrogen) atoms. The maximum absolute atomic E-state index is 13.0. The first-order valence-electron chi connectivity index (χ1n) is 8.23. The van der Waals surface area contributed by atoms with Crippen LogP contribution in [0.25, 0.3) is 0 Å². The number of methoxy groups -OCH3 is 1. The van der Waals surface area contributed by atoms with Gasteiger partial charge in [-0.2, -0.15) is 0 Å². The van der Waals surface area contributed by atoms with Crippen LogP contribution in [0.3, 0.4) is 0 Å². The number of carbonyl (C=O) groups is 1. The molecule has 2 heterocycles. The number of carbonyl (C=O) groups excluding carboxylic acids is 1. The zero-order chi connectivity index (χ0) is 17.1. The summed E-state index contributed by atoms with van der Waals surface area (Å²) >= 11 is 1.67. The highest BCUT2D eigenvalue weighted by atomic mass is 32.1. The van der Waals surface area contributed by atoms with Crippen molar-refractivity contribution < 1.29 is 9.53 Å². The molecule has 1 aliphatic rings. The van der Waals surface area contributed by atoms with E-state index in [-0.39, 0.29) is 18.0 Å². The van der Waals surface area contributed by atoms with E-state index in [0.717, 1.165) is 40.7 Å². The Kier molecular flexibility index (Phi) is 5.16. The predicted molar refractivity (Wildman–Crippen MR) is 96.8 cm³/mol. The Balaban J connectivity index is 1.75. The lowest BCUT2D eigenvalue weighted by Crippen LogP contribution is -2.51. The summed E-state index contributed by atoms with van der Waals surface area (Å²) in [4.78, 5) is 20.3. The van der Waals surface area contributed by atoms with E-state index < -0.39 is 0 Å². The molecular formula is C18H23N3O2S. The molecule has 6 heteroatoms. The second-order valence-corrected chi connectivity index (χ2v) is 7.29. The van der Waals surface area contributed by atoms with Gasteiger partial charge in [-0.3, -0.25) is 10.1 Å². The summed E-state index contributed by atoms with van der Waals surface area (Å²) in [6.07, 6.45) is 3.71. The van der Waals surface area contributed by atoms with Crippen molar-refractivity contribution in [2.24, 2.45) is 0 Å². The van der Waals surface area contributed by atoms with Crippen LogP contribution in [0.4, 0.5) is 5.69 Å². The number of hydrogen-bond donors (Lipinski definition) is 1. The Morgan fingerprint density at radius 3 is 2.92 bits per heavy atom. The van der Waals surface area contributed by atoms with Crippen LogP contribution in [-0.2, 0) is 4.79 Å². The molecule has 0 aliphatic carbocycles. The van der Waals surface area contributed by atoms with E-state index in [1.807, 2.05) is 42.3 Å². The third-order valence-electron chi connectivity index (χ3n) is 4.33. The second-order valence-electron chi connectivity index (χ2n) is 6.03. The molecule has 0 spiro atoms. The third-order valence-corrected chi connectivity index (χ3v) is 5.43. The van der Waals surface area contributed by atoms with Crippen molar-refractivity contribution in [1.82, 2.24) is 10.3 Å². The molecule has 1 aromatic carbocycles. The normalized spacial score (nSPS) is 19.4. The Morgan fingerprint density at radius 2 is 2.21 bits per heavy atom. The Labute approximate surface area is 146 Å². The zero-order valence-corrected chi connectivity index (χ0v) is 15.1. The summed E-state index contributed by atoms with van der Waals surface area (Å²) in [6, 6.07) is 7.62. The lowest BCUT2D eigenvalue weighted by atomic mass is 10.0. The van der Waals surface area contributed by atoms with Gasteiger partial charge in [0.2, 0.25) is 5.91 Å². The number of benzene rings is 1. The van der Waals surface area contributed by atoms with Crippen molar-refractivity contribution in [3.8, 4) is 5.75 Å². The van der Waals surface area contributed by atoms with Gasteiger partial charge in [0.25, 0.3) is 0 Å². The zero-order valence-electron chi connectivity index (χ0n) is 14.3. The monoisotopic (exact) mass is 345 g/mol. The maximum atomic E-state index is 13.0. The summed E-state index contributed by atoms with van der Waals surface area (Å²) < 4.78 is 5.41. The molecule has 0 bridgehead atoms. The van der Waals surface area contributed by atoms with Crippen LogP contribution in [0.2, 0.25) is 0 Å². The van der Waals surface area contributed by atoms with Crippen molar-refractivity contribution in [3.05, 3.63) is 40.3 Å². The van der Waals surface area contributed by atoms with E-state index >= 15 is 0 Å². The summed E-state index contributed by atoms with van der Waals surface area (Å²) in [6.45, 7) is 4.81. The number of hydrogen-bond acceptors (Lipinski definition) is 5. The number of rotatable bonds is 5. The summed E-state index contributed by atoms with van der Waals surface area (Å²) in [7, 11) is 1.64. The first kappa shape index (κ1) is 16.9. The number of nitrogens with zero attached hydrogens (tertiary/aromatic N) is 2. The molecular weight excluding hydrogens is 322 g/mol. The topological polar surface area (TPSA) is 54.5 Å². The van der Waals surface area contributed by atoms with E-state index in [1.54, 1.807) is 18.4 Å². The number of anilines is 1. The number of thiazole rings is 1. The summed E-state index contributed by atoms with van der Waals surface area (Å²) in [5.41, 5.74) is 0.845. The van der Waals surface area contributed by atoms with Gasteiger partial charge in [-0.25, -0.2) is 4.98 Å². The molecule has 1 N–H and O–H groups in total. The lowest BCUT2D eigenvalue weighted by molar-refractivity contribution is -0.122. The van der Waals surface area contributed by atoms with Gasteiger partial charge in [0.15, 0.2) is 0 Å². The van der Waals surface area contributed by atoms with Crippen molar-refractivity contribution in [2.45, 2.75) is 38.8 Å². The van der Waals surface area contributed by atoms with Crippen molar-refractivity contribution in [1.29, 1.82) is 0 Å². The Bertz CT molecular complexity index is 716. The van der Waals surface area contributed by atoms with Gasteiger partial charge in [-0.05, 0) is 38.8 Å². The Hall–Kier alpha value is -1.92. The number of aromatic nitrogens is 1. The molecule has 1 aromatic heterocycles. The van der Waals surface area contributed by atoms with Gasteiger partial charge < -0.3 is 9.64 Å². The molecule has 1 fully saturated rings. The third kappa shape index (κ3) is 3.44. The minimum absolute atomic E-state index is 0.110. The average Bonchev–Trinajstić information content (AvgIpc) is 3.03. The van der Waals surface area contributed by atoms with Crippen LogP contribution < -0.4 is 15.0 Å². The minimum atomic E-state index is -0.180. The van der Waals surface area contributed by atoms with Crippen LogP contribution >= 0.6 is 11.3 Å². The van der Waals surface area contributed by atoms with Crippen molar-refractivity contribution in [3.63, 3.8) is 0 Å². The molecule has 5 nitrogen and oxygen atoms in total. The van der Waals surface area contributed by atoms with Gasteiger partial charge in [0.1, 0.15) is 5.75 Å². The molecule has 3 rings (SSSR count). The van der Waals surface area contributed by atoms with Gasteiger partial charge in [-0.1, -0.05) is 12.1 Å².